The van der Waals surface area contributed by atoms with Gasteiger partial charge in [0.2, 0.25) is 17.7 Å². The zero-order chi connectivity index (χ0) is 85.9. The molecule has 0 aliphatic carbocycles. The number of ether oxygens (including phenoxy) is 10. The molecule has 0 unspecified atom stereocenters. The van der Waals surface area contributed by atoms with E-state index in [0.717, 1.165) is 176 Å². The second-order valence-corrected chi connectivity index (χ2v) is 33.9. The lowest BCUT2D eigenvalue weighted by Crippen LogP contribution is -2.55. The van der Waals surface area contributed by atoms with Gasteiger partial charge in [-0.15, -0.1) is 0 Å². The third-order valence-electron chi connectivity index (χ3n) is 25.6. The molecule has 6 aromatic rings. The zero-order valence-corrected chi connectivity index (χ0v) is 70.7. The summed E-state index contributed by atoms with van der Waals surface area (Å²) in [6.45, 7) is 14.3. The zero-order valence-electron chi connectivity index (χ0n) is 70.7. The third kappa shape index (κ3) is 17.8. The first-order chi connectivity index (χ1) is 59.6. The lowest BCUT2D eigenvalue weighted by atomic mass is 9.86. The molecule has 8 atom stereocenters. The Labute approximate surface area is 712 Å². The van der Waals surface area contributed by atoms with Gasteiger partial charge in [-0.1, -0.05) is 27.7 Å². The number of benzene rings is 4. The quantitative estimate of drug-likeness (QED) is 0.0329. The Bertz CT molecular complexity index is 5080. The Morgan fingerprint density at radius 3 is 1.23 bits per heavy atom. The number of nitrogens with zero attached hydrogens (tertiary/aromatic N) is 7. The summed E-state index contributed by atoms with van der Waals surface area (Å²) in [6, 6.07) is 13.8. The Balaban J connectivity index is 0.000000159. The number of methoxy groups -OCH3 is 4. The Hall–Kier alpha value is -11.8. The smallest absolute Gasteiger partial charge is 0.407 e. The van der Waals surface area contributed by atoms with E-state index in [0.29, 0.717) is 116 Å². The van der Waals surface area contributed by atoms with Crippen molar-refractivity contribution in [1.29, 1.82) is 0 Å². The molecule has 12 aliphatic rings. The van der Waals surface area contributed by atoms with Crippen molar-refractivity contribution in [2.24, 2.45) is 33.7 Å². The molecule has 0 bridgehead atoms. The number of aromatic nitrogens is 4. The Morgan fingerprint density at radius 2 is 0.821 bits per heavy atom. The third-order valence-corrected chi connectivity index (χ3v) is 25.6. The van der Waals surface area contributed by atoms with Gasteiger partial charge >= 0.3 is 30.3 Å². The van der Waals surface area contributed by atoms with Crippen molar-refractivity contribution in [3.8, 4) is 67.8 Å². The largest absolute Gasteiger partial charge is 0.488 e. The predicted molar refractivity (Wildman–Crippen MR) is 451 cm³/mol. The topological polar surface area (TPSA) is 401 Å². The number of allylic oxidation sites excluding steroid dienone is 2. The normalized spacial score (nSPS) is 21.2. The number of aliphatic imine (C=N–C) groups is 2. The molecule has 33 heteroatoms. The summed E-state index contributed by atoms with van der Waals surface area (Å²) in [4.78, 5) is 131. The number of carboxylic acids is 1. The van der Waals surface area contributed by atoms with Gasteiger partial charge in [-0.3, -0.25) is 24.4 Å². The number of aromatic amines is 2. The van der Waals surface area contributed by atoms with E-state index in [1.807, 2.05) is 62.2 Å². The van der Waals surface area contributed by atoms with Crippen LogP contribution in [0.2, 0.25) is 0 Å². The highest BCUT2D eigenvalue weighted by Crippen LogP contribution is 2.54. The molecule has 123 heavy (non-hydrogen) atoms. The molecule has 0 radical (unpaired) electrons. The van der Waals surface area contributed by atoms with Crippen molar-refractivity contribution in [1.82, 2.24) is 61.2 Å². The summed E-state index contributed by atoms with van der Waals surface area (Å²) in [5, 5.41) is 23.1. The fourth-order valence-electron chi connectivity index (χ4n) is 19.2. The molecule has 6 fully saturated rings. The molecule has 8 N–H and O–H groups in total. The highest BCUT2D eigenvalue weighted by molar-refractivity contribution is 6.05. The number of rotatable bonds is 20. The first-order valence-electron chi connectivity index (χ1n) is 42.9. The lowest BCUT2D eigenvalue weighted by molar-refractivity contribution is -0.142. The number of aliphatic carboxylic acids is 1. The monoisotopic (exact) mass is 1690 g/mol. The summed E-state index contributed by atoms with van der Waals surface area (Å²) in [7, 11) is 5.11. The average molecular weight is 1690 g/mol. The summed E-state index contributed by atoms with van der Waals surface area (Å²) < 4.78 is 55.2. The number of amides is 7. The maximum Gasteiger partial charge on any atom is 0.407 e. The van der Waals surface area contributed by atoms with E-state index in [1.165, 1.54) is 46.1 Å². The number of H-pyrrole nitrogens is 2. The fraction of sp³-hybridized carbons (Fsp3) is 0.511. The molecule has 18 rings (SSSR count). The van der Waals surface area contributed by atoms with Gasteiger partial charge in [-0.2, -0.15) is 0 Å². The Morgan fingerprint density at radius 1 is 0.447 bits per heavy atom. The minimum atomic E-state index is -1.03. The van der Waals surface area contributed by atoms with Crippen LogP contribution in [0.1, 0.15) is 175 Å². The van der Waals surface area contributed by atoms with Crippen LogP contribution in [0, 0.1) is 23.7 Å². The first kappa shape index (κ1) is 84.8. The van der Waals surface area contributed by atoms with Crippen LogP contribution >= 0.6 is 0 Å². The van der Waals surface area contributed by atoms with E-state index >= 15 is 0 Å². The van der Waals surface area contributed by atoms with Crippen LogP contribution in [-0.4, -0.2) is 217 Å². The number of carboxylic acid groups (broad SMARTS) is 1. The van der Waals surface area contributed by atoms with Gasteiger partial charge in [0.25, 0.3) is 0 Å². The molecule has 14 heterocycles. The summed E-state index contributed by atoms with van der Waals surface area (Å²) in [5.41, 5.74) is 18.6. The average Bonchev–Trinajstić information content (AvgIpc) is 1.50. The molecule has 0 spiro atoms. The van der Waals surface area contributed by atoms with E-state index in [2.05, 4.69) is 83.8 Å². The molecule has 6 saturated heterocycles. The van der Waals surface area contributed by atoms with Crippen LogP contribution < -0.4 is 45.5 Å². The lowest BCUT2D eigenvalue weighted by Gasteiger charge is -2.34. The second kappa shape index (κ2) is 37.1. The second-order valence-electron chi connectivity index (χ2n) is 33.9. The van der Waals surface area contributed by atoms with Gasteiger partial charge in [0, 0.05) is 144 Å². The molecule has 4 aromatic carbocycles. The number of carbonyl (C=O) groups excluding carboxylic acids is 7. The van der Waals surface area contributed by atoms with E-state index in [-0.39, 0.29) is 59.5 Å². The van der Waals surface area contributed by atoms with Gasteiger partial charge in [0.05, 0.1) is 70.3 Å². The number of hydrogen-bond donors (Lipinski definition) is 8. The van der Waals surface area contributed by atoms with E-state index in [4.69, 9.17) is 67.7 Å². The summed E-state index contributed by atoms with van der Waals surface area (Å²) in [5.74, 6) is 2.98. The molecular formula is C90H108N14O19. The Kier molecular flexibility index (Phi) is 25.5. The minimum absolute atomic E-state index is 0.0273. The van der Waals surface area contributed by atoms with Crippen LogP contribution in [0.3, 0.4) is 0 Å². The summed E-state index contributed by atoms with van der Waals surface area (Å²) in [6.07, 6.45) is 16.4. The van der Waals surface area contributed by atoms with Gasteiger partial charge < -0.3 is 104 Å². The van der Waals surface area contributed by atoms with Gasteiger partial charge in [0.15, 0.2) is 0 Å². The van der Waals surface area contributed by atoms with Gasteiger partial charge in [-0.05, 0) is 178 Å². The molecule has 7 amide bonds. The number of likely N-dealkylation sites (tertiary alicyclic amines) is 3. The highest BCUT2D eigenvalue weighted by atomic mass is 16.6. The molecule has 652 valence electrons. The molecule has 0 saturated carbocycles. The van der Waals surface area contributed by atoms with Crippen molar-refractivity contribution >= 4 is 70.6 Å². The van der Waals surface area contributed by atoms with Crippen molar-refractivity contribution in [2.45, 2.75) is 192 Å². The van der Waals surface area contributed by atoms with Crippen LogP contribution in [0.15, 0.2) is 83.3 Å². The SMILES string of the molecule is COC(=O)N[C@H](C(=O)N1CCC[C@H]1c1ncc(-c2cc3c4c(c2)OCc2cc(C5=CN=C([C@@H]6CCCN6)C5)cc(c2-4)OC3)[nH]1)C(C)C.COC(=O)N[C@H](C(=O)N1CCC[C@H]1c1ncc(-c2cc3c4c(c2)OCc2cc(C5=CN=C([C@@H]6CCCN6C(=O)[C@@H](NC(=O)OC)C6CCOCC6)C5)cc(c2-4)OC3)[nH]1)C(C)C.COC(=O)N[C@H](C(=O)O)C1CCOCC1. The van der Waals surface area contributed by atoms with Crippen LogP contribution in [-0.2, 0) is 74.0 Å². The minimum Gasteiger partial charge on any atom is -0.488 e. The number of imidazole rings is 2. The van der Waals surface area contributed by atoms with Crippen molar-refractivity contribution in [3.63, 3.8) is 0 Å². The fourth-order valence-corrected chi connectivity index (χ4v) is 19.2. The number of nitrogens with one attached hydrogen (secondary N) is 7. The van der Waals surface area contributed by atoms with E-state index in [1.54, 1.807) is 11.1 Å². The van der Waals surface area contributed by atoms with Crippen molar-refractivity contribution < 1.29 is 90.8 Å². The summed E-state index contributed by atoms with van der Waals surface area (Å²) >= 11 is 0. The van der Waals surface area contributed by atoms with Crippen molar-refractivity contribution in [2.75, 3.05) is 81.0 Å². The first-order valence-corrected chi connectivity index (χ1v) is 42.9. The van der Waals surface area contributed by atoms with Gasteiger partial charge in [-0.25, -0.2) is 33.9 Å². The molecular weight excluding hydrogens is 1580 g/mol. The van der Waals surface area contributed by atoms with E-state index < -0.39 is 54.5 Å². The van der Waals surface area contributed by atoms with Crippen LogP contribution in [0.4, 0.5) is 19.2 Å². The highest BCUT2D eigenvalue weighted by Gasteiger charge is 2.45. The number of carbonyl (C=O) groups is 8. The predicted octanol–water partition coefficient (Wildman–Crippen LogP) is 11.6. The van der Waals surface area contributed by atoms with Crippen molar-refractivity contribution in [3.05, 3.63) is 118 Å². The van der Waals surface area contributed by atoms with E-state index in [9.17, 15) is 38.4 Å². The maximum absolute atomic E-state index is 14.1. The number of alkyl carbamates (subject to hydrolysis) is 4. The van der Waals surface area contributed by atoms with Gasteiger partial charge in [0.1, 0.15) is 85.2 Å². The molecule has 33 nitrogen and oxygen atoms in total. The standard InChI is InChI=1S/C45H53N7O9.C36H40N6O5.C9H15NO5/c1-24(2)39(49-44(55)57-3)42(53)52-12-6-8-34(52)41-47-21-32(48-41)27-16-30-23-60-35-18-26(15-29-22-61-36(19-27)38(30)37(29)35)28-17-31(46-20-28)33-7-5-11-51(33)43(54)40(50-45(56)58-4)25-9-13-59-14-10-25;1-19(2)33(41-36(44)45-3)35(43)42-9-5-7-28(42)34-39-16-27(40-34)21-11-24-18-46-29-13-20(10-23-17-47-30(14-21)32(24)31(23)29)22-12-26(38-15-22)25-6-4-8-37-25;1-14-9(13)10-7(8(11)12)6-2-4-15-5-3-6/h15-16,18-21,24-25,33-34,39-40H,5-14,17,22-23H2,1-4H3,(H,47,48)(H,49,55)(H,50,56);10-11,13-16,19,25,28,33,37H,4-9,12,17-18H2,1-3H3,(H,39,40)(H,41,44);6-7H,2-5H2,1H3,(H,10,13)(H,11,12)/t33-,34-,39-,40-;25-,28-,33-;7-/m000/s1. The van der Waals surface area contributed by atoms with Crippen LogP contribution in [0.25, 0.3) is 55.9 Å². The van der Waals surface area contributed by atoms with Crippen LogP contribution in [0.5, 0.6) is 23.0 Å². The molecule has 12 aliphatic heterocycles. The molecule has 2 aromatic heterocycles. The number of hydrogen-bond acceptors (Lipinski definition) is 23. The maximum atomic E-state index is 14.1.